The van der Waals surface area contributed by atoms with E-state index in [1.807, 2.05) is 6.92 Å². The quantitative estimate of drug-likeness (QED) is 0.467. The normalized spacial score (nSPS) is 10.0. The summed E-state index contributed by atoms with van der Waals surface area (Å²) in [6, 6.07) is 0. The number of likely N-dealkylation sites (N-methyl/N-ethyl adjacent to an activating group) is 1. The van der Waals surface area contributed by atoms with Crippen molar-refractivity contribution >= 4 is 17.5 Å². The van der Waals surface area contributed by atoms with Crippen LogP contribution in [0, 0.1) is 0 Å². The lowest BCUT2D eigenvalue weighted by Gasteiger charge is -1.92. The van der Waals surface area contributed by atoms with Gasteiger partial charge in [0.1, 0.15) is 0 Å². The molecule has 0 saturated heterocycles. The molecule has 3 heteroatoms. The number of halogens is 1. The Morgan fingerprint density at radius 2 is 2.44 bits per heavy atom. The van der Waals surface area contributed by atoms with Gasteiger partial charge in [0.05, 0.1) is 0 Å². The standard InChI is InChI=1S/C6H10ClNO/c1-2-8-6(9)4-3-5-7/h3-4H,2,5H2,1H3,(H,8,9)/b4-3+. The van der Waals surface area contributed by atoms with Crippen LogP contribution in [0.1, 0.15) is 6.92 Å². The third-order valence-corrected chi connectivity index (χ3v) is 0.887. The third kappa shape index (κ3) is 5.37. The van der Waals surface area contributed by atoms with Crippen LogP contribution in [0.4, 0.5) is 0 Å². The number of carbonyl (C=O) groups is 1. The van der Waals surface area contributed by atoms with Gasteiger partial charge in [-0.1, -0.05) is 6.08 Å². The second-order valence-corrected chi connectivity index (χ2v) is 1.76. The Labute approximate surface area is 59.9 Å². The molecule has 0 bridgehead atoms. The highest BCUT2D eigenvalue weighted by atomic mass is 35.5. The second kappa shape index (κ2) is 5.63. The van der Waals surface area contributed by atoms with Crippen molar-refractivity contribution in [2.75, 3.05) is 12.4 Å². The zero-order chi connectivity index (χ0) is 7.11. The van der Waals surface area contributed by atoms with Crippen LogP contribution in [-0.2, 0) is 4.79 Å². The molecule has 0 aliphatic heterocycles. The lowest BCUT2D eigenvalue weighted by molar-refractivity contribution is -0.116. The monoisotopic (exact) mass is 147 g/mol. The number of hydrogen-bond donors (Lipinski definition) is 1. The maximum absolute atomic E-state index is 10.5. The van der Waals surface area contributed by atoms with Gasteiger partial charge in [0.25, 0.3) is 0 Å². The molecule has 0 rings (SSSR count). The van der Waals surface area contributed by atoms with E-state index in [1.165, 1.54) is 6.08 Å². The average Bonchev–Trinajstić information content (AvgIpc) is 1.85. The summed E-state index contributed by atoms with van der Waals surface area (Å²) in [5.41, 5.74) is 0. The van der Waals surface area contributed by atoms with Crippen molar-refractivity contribution in [1.82, 2.24) is 5.32 Å². The van der Waals surface area contributed by atoms with Gasteiger partial charge in [-0.2, -0.15) is 0 Å². The van der Waals surface area contributed by atoms with E-state index in [0.717, 1.165) is 0 Å². The number of rotatable bonds is 3. The molecule has 0 fully saturated rings. The summed E-state index contributed by atoms with van der Waals surface area (Å²) in [6.45, 7) is 2.53. The maximum atomic E-state index is 10.5. The maximum Gasteiger partial charge on any atom is 0.243 e. The predicted octanol–water partition coefficient (Wildman–Crippen LogP) is 0.917. The zero-order valence-corrected chi connectivity index (χ0v) is 6.11. The molecule has 0 spiro atoms. The molecule has 0 radical (unpaired) electrons. The van der Waals surface area contributed by atoms with Crippen molar-refractivity contribution in [1.29, 1.82) is 0 Å². The molecular weight excluding hydrogens is 138 g/mol. The van der Waals surface area contributed by atoms with Crippen LogP contribution < -0.4 is 5.32 Å². The van der Waals surface area contributed by atoms with Crippen molar-refractivity contribution < 1.29 is 4.79 Å². The Morgan fingerprint density at radius 3 is 2.89 bits per heavy atom. The average molecular weight is 148 g/mol. The Balaban J connectivity index is 3.37. The molecule has 0 unspecified atom stereocenters. The van der Waals surface area contributed by atoms with Crippen molar-refractivity contribution in [2.45, 2.75) is 6.92 Å². The van der Waals surface area contributed by atoms with Gasteiger partial charge in [-0.25, -0.2) is 0 Å². The lowest BCUT2D eigenvalue weighted by Crippen LogP contribution is -2.19. The van der Waals surface area contributed by atoms with Crippen molar-refractivity contribution in [3.8, 4) is 0 Å². The number of hydrogen-bond acceptors (Lipinski definition) is 1. The van der Waals surface area contributed by atoms with Crippen molar-refractivity contribution in [2.24, 2.45) is 0 Å². The number of allylic oxidation sites excluding steroid dienone is 1. The molecule has 1 amide bonds. The summed E-state index contributed by atoms with van der Waals surface area (Å²) in [6.07, 6.45) is 3.03. The van der Waals surface area contributed by atoms with E-state index in [9.17, 15) is 4.79 Å². The minimum absolute atomic E-state index is 0.0850. The molecule has 0 aromatic rings. The first-order valence-corrected chi connectivity index (χ1v) is 3.35. The van der Waals surface area contributed by atoms with E-state index >= 15 is 0 Å². The lowest BCUT2D eigenvalue weighted by atomic mass is 10.5. The molecule has 0 aliphatic carbocycles. The first-order valence-electron chi connectivity index (χ1n) is 2.81. The number of nitrogens with one attached hydrogen (secondary N) is 1. The predicted molar refractivity (Wildman–Crippen MR) is 38.5 cm³/mol. The van der Waals surface area contributed by atoms with Gasteiger partial charge < -0.3 is 5.32 Å². The Kier molecular flexibility index (Phi) is 5.32. The van der Waals surface area contributed by atoms with E-state index in [1.54, 1.807) is 6.08 Å². The molecule has 0 heterocycles. The van der Waals surface area contributed by atoms with E-state index in [0.29, 0.717) is 12.4 Å². The first kappa shape index (κ1) is 8.50. The third-order valence-electron chi connectivity index (χ3n) is 0.709. The topological polar surface area (TPSA) is 29.1 Å². The SMILES string of the molecule is CCNC(=O)/C=C/CCl. The summed E-state index contributed by atoms with van der Waals surface area (Å²) in [7, 11) is 0. The first-order chi connectivity index (χ1) is 4.31. The number of carbonyl (C=O) groups excluding carboxylic acids is 1. The fourth-order valence-electron chi connectivity index (χ4n) is 0.385. The molecular formula is C6H10ClNO. The van der Waals surface area contributed by atoms with Crippen LogP contribution in [0.3, 0.4) is 0 Å². The van der Waals surface area contributed by atoms with Crippen LogP contribution in [-0.4, -0.2) is 18.3 Å². The van der Waals surface area contributed by atoms with Crippen LogP contribution in [0.2, 0.25) is 0 Å². The minimum atomic E-state index is -0.0850. The van der Waals surface area contributed by atoms with Crippen LogP contribution in [0.25, 0.3) is 0 Å². The highest BCUT2D eigenvalue weighted by Crippen LogP contribution is 1.77. The summed E-state index contributed by atoms with van der Waals surface area (Å²) < 4.78 is 0. The smallest absolute Gasteiger partial charge is 0.243 e. The van der Waals surface area contributed by atoms with Gasteiger partial charge >= 0.3 is 0 Å². The fraction of sp³-hybridized carbons (Fsp3) is 0.500. The van der Waals surface area contributed by atoms with E-state index < -0.39 is 0 Å². The van der Waals surface area contributed by atoms with Crippen LogP contribution in [0.5, 0.6) is 0 Å². The van der Waals surface area contributed by atoms with Gasteiger partial charge in [-0.15, -0.1) is 11.6 Å². The van der Waals surface area contributed by atoms with Crippen LogP contribution >= 0.6 is 11.6 Å². The molecule has 2 nitrogen and oxygen atoms in total. The highest BCUT2D eigenvalue weighted by Gasteiger charge is 1.87. The van der Waals surface area contributed by atoms with E-state index in [-0.39, 0.29) is 5.91 Å². The summed E-state index contributed by atoms with van der Waals surface area (Å²) >= 11 is 5.28. The molecule has 0 aromatic heterocycles. The summed E-state index contributed by atoms with van der Waals surface area (Å²) in [4.78, 5) is 10.5. The highest BCUT2D eigenvalue weighted by molar-refractivity contribution is 6.19. The zero-order valence-electron chi connectivity index (χ0n) is 5.36. The minimum Gasteiger partial charge on any atom is -0.353 e. The van der Waals surface area contributed by atoms with Crippen LogP contribution in [0.15, 0.2) is 12.2 Å². The van der Waals surface area contributed by atoms with Gasteiger partial charge in [0, 0.05) is 18.5 Å². The molecule has 0 saturated carbocycles. The van der Waals surface area contributed by atoms with Gasteiger partial charge in [-0.05, 0) is 6.92 Å². The molecule has 1 N–H and O–H groups in total. The van der Waals surface area contributed by atoms with Crippen molar-refractivity contribution in [3.05, 3.63) is 12.2 Å². The summed E-state index contributed by atoms with van der Waals surface area (Å²) in [5.74, 6) is 0.301. The second-order valence-electron chi connectivity index (χ2n) is 1.45. The van der Waals surface area contributed by atoms with Gasteiger partial charge in [0.2, 0.25) is 5.91 Å². The number of amides is 1. The fourth-order valence-corrected chi connectivity index (χ4v) is 0.474. The Morgan fingerprint density at radius 1 is 1.78 bits per heavy atom. The Bertz CT molecular complexity index is 112. The number of alkyl halides is 1. The van der Waals surface area contributed by atoms with E-state index in [2.05, 4.69) is 5.32 Å². The summed E-state index contributed by atoms with van der Waals surface area (Å²) in [5, 5.41) is 2.60. The molecule has 0 aliphatic rings. The Hall–Kier alpha value is -0.500. The van der Waals surface area contributed by atoms with Gasteiger partial charge in [0.15, 0.2) is 0 Å². The molecule has 52 valence electrons. The van der Waals surface area contributed by atoms with E-state index in [4.69, 9.17) is 11.6 Å². The molecule has 0 aromatic carbocycles. The van der Waals surface area contributed by atoms with Crippen molar-refractivity contribution in [3.63, 3.8) is 0 Å². The largest absolute Gasteiger partial charge is 0.353 e. The molecule has 9 heavy (non-hydrogen) atoms. The molecule has 0 atom stereocenters. The van der Waals surface area contributed by atoms with Gasteiger partial charge in [-0.3, -0.25) is 4.79 Å².